The first-order valence-electron chi connectivity index (χ1n) is 9.08. The molecular weight excluding hydrogens is 469 g/mol. The van der Waals surface area contributed by atoms with E-state index >= 15 is 0 Å². The molecule has 150 valence electrons. The van der Waals surface area contributed by atoms with Gasteiger partial charge < -0.3 is 24.9 Å². The predicted molar refractivity (Wildman–Crippen MR) is 122 cm³/mol. The minimum absolute atomic E-state index is 0. The lowest BCUT2D eigenvalue weighted by Gasteiger charge is -2.12. The van der Waals surface area contributed by atoms with Gasteiger partial charge in [-0.25, -0.2) is 0 Å². The molecule has 1 aromatic carbocycles. The van der Waals surface area contributed by atoms with Crippen molar-refractivity contribution in [2.45, 2.75) is 13.0 Å². The second kappa shape index (κ2) is 11.4. The summed E-state index contributed by atoms with van der Waals surface area (Å²) < 4.78 is 7.31. The van der Waals surface area contributed by atoms with Gasteiger partial charge in [-0.1, -0.05) is 18.2 Å². The van der Waals surface area contributed by atoms with Gasteiger partial charge in [-0.2, -0.15) is 0 Å². The van der Waals surface area contributed by atoms with Gasteiger partial charge >= 0.3 is 0 Å². The van der Waals surface area contributed by atoms with Gasteiger partial charge in [0.15, 0.2) is 11.7 Å². The van der Waals surface area contributed by atoms with Gasteiger partial charge in [0.1, 0.15) is 0 Å². The number of fused-ring (bicyclic) bond motifs is 1. The summed E-state index contributed by atoms with van der Waals surface area (Å²) in [4.78, 5) is 16.0. The number of halogens is 1. The van der Waals surface area contributed by atoms with E-state index < -0.39 is 0 Å². The van der Waals surface area contributed by atoms with Crippen LogP contribution in [0.5, 0.6) is 0 Å². The zero-order valence-corrected chi connectivity index (χ0v) is 18.2. The summed E-state index contributed by atoms with van der Waals surface area (Å²) >= 11 is 0. The van der Waals surface area contributed by atoms with Crippen LogP contribution >= 0.6 is 24.0 Å². The van der Waals surface area contributed by atoms with Crippen molar-refractivity contribution in [3.05, 3.63) is 60.7 Å². The molecule has 8 heteroatoms. The number of guanidine groups is 1. The average Bonchev–Trinajstić information content (AvgIpc) is 3.37. The van der Waals surface area contributed by atoms with E-state index in [1.54, 1.807) is 19.2 Å². The first kappa shape index (κ1) is 21.8. The van der Waals surface area contributed by atoms with Crippen molar-refractivity contribution in [3.8, 4) is 0 Å². The van der Waals surface area contributed by atoms with Gasteiger partial charge in [0.25, 0.3) is 5.91 Å². The number of carbonyl (C=O) groups excluding carboxylic acids is 1. The van der Waals surface area contributed by atoms with Gasteiger partial charge in [-0.15, -0.1) is 24.0 Å². The quantitative estimate of drug-likeness (QED) is 0.194. The number of para-hydroxylation sites is 1. The van der Waals surface area contributed by atoms with Gasteiger partial charge in [-0.3, -0.25) is 9.79 Å². The SMILES string of the molecule is CN=C(NCCCn1ccc2ccccc21)NCCNC(=O)c1ccco1.I. The van der Waals surface area contributed by atoms with E-state index in [1.807, 2.05) is 0 Å². The maximum Gasteiger partial charge on any atom is 0.287 e. The van der Waals surface area contributed by atoms with Crippen molar-refractivity contribution in [1.29, 1.82) is 0 Å². The van der Waals surface area contributed by atoms with E-state index in [9.17, 15) is 4.79 Å². The van der Waals surface area contributed by atoms with Crippen LogP contribution in [-0.2, 0) is 6.54 Å². The lowest BCUT2D eigenvalue weighted by atomic mass is 10.2. The predicted octanol–water partition coefficient (Wildman–Crippen LogP) is 2.84. The summed E-state index contributed by atoms with van der Waals surface area (Å²) in [6.07, 6.45) is 4.59. The highest BCUT2D eigenvalue weighted by atomic mass is 127. The fourth-order valence-electron chi connectivity index (χ4n) is 2.86. The molecule has 3 rings (SSSR count). The van der Waals surface area contributed by atoms with Crippen LogP contribution in [0, 0.1) is 0 Å². The smallest absolute Gasteiger partial charge is 0.287 e. The lowest BCUT2D eigenvalue weighted by molar-refractivity contribution is 0.0926. The number of aromatic nitrogens is 1. The number of hydrogen-bond donors (Lipinski definition) is 3. The third-order valence-electron chi connectivity index (χ3n) is 4.22. The highest BCUT2D eigenvalue weighted by molar-refractivity contribution is 14.0. The van der Waals surface area contributed by atoms with Crippen LogP contribution in [0.1, 0.15) is 17.0 Å². The fraction of sp³-hybridized carbons (Fsp3) is 0.300. The summed E-state index contributed by atoms with van der Waals surface area (Å²) in [5.74, 6) is 0.818. The van der Waals surface area contributed by atoms with Crippen LogP contribution in [-0.4, -0.2) is 43.1 Å². The second-order valence-corrected chi connectivity index (χ2v) is 6.08. The Kier molecular flexibility index (Phi) is 8.86. The molecule has 0 aliphatic heterocycles. The number of carbonyl (C=O) groups is 1. The topological polar surface area (TPSA) is 83.6 Å². The standard InChI is InChI=1S/C20H25N5O2.HI/c1-21-20(24-12-11-22-19(26)18-8-4-15-27-18)23-10-5-13-25-14-9-16-6-2-3-7-17(16)25;/h2-4,6-9,14-15H,5,10-13H2,1H3,(H,22,26)(H2,21,23,24);1H. The van der Waals surface area contributed by atoms with Crippen molar-refractivity contribution in [1.82, 2.24) is 20.5 Å². The van der Waals surface area contributed by atoms with Crippen LogP contribution in [0.3, 0.4) is 0 Å². The van der Waals surface area contributed by atoms with Gasteiger partial charge in [0.05, 0.1) is 6.26 Å². The minimum atomic E-state index is -0.219. The van der Waals surface area contributed by atoms with Gasteiger partial charge in [0.2, 0.25) is 0 Å². The minimum Gasteiger partial charge on any atom is -0.459 e. The summed E-state index contributed by atoms with van der Waals surface area (Å²) in [5, 5.41) is 10.5. The normalized spacial score (nSPS) is 11.1. The molecule has 1 amide bonds. The first-order chi connectivity index (χ1) is 13.3. The molecule has 7 nitrogen and oxygen atoms in total. The molecule has 0 aliphatic rings. The van der Waals surface area contributed by atoms with E-state index in [0.29, 0.717) is 18.8 Å². The summed E-state index contributed by atoms with van der Waals surface area (Å²) in [5.41, 5.74) is 1.26. The van der Waals surface area contributed by atoms with Crippen LogP contribution in [0.15, 0.2) is 64.3 Å². The van der Waals surface area contributed by atoms with E-state index in [1.165, 1.54) is 17.2 Å². The Labute approximate surface area is 181 Å². The number of rotatable bonds is 8. The maximum atomic E-state index is 11.8. The molecule has 3 aromatic rings. The molecule has 0 fully saturated rings. The fourth-order valence-corrected chi connectivity index (χ4v) is 2.86. The third-order valence-corrected chi connectivity index (χ3v) is 4.22. The number of hydrogen-bond acceptors (Lipinski definition) is 3. The molecule has 0 unspecified atom stereocenters. The van der Waals surface area contributed by atoms with Crippen LogP contribution in [0.25, 0.3) is 10.9 Å². The third kappa shape index (κ3) is 6.01. The number of amides is 1. The van der Waals surface area contributed by atoms with E-state index in [2.05, 4.69) is 62.0 Å². The monoisotopic (exact) mass is 495 g/mol. The summed E-state index contributed by atoms with van der Waals surface area (Å²) in [6.45, 7) is 2.81. The molecule has 0 aliphatic carbocycles. The molecule has 28 heavy (non-hydrogen) atoms. The molecular formula is C20H26IN5O2. The Morgan fingerprint density at radius 2 is 1.82 bits per heavy atom. The number of aliphatic imine (C=N–C) groups is 1. The number of nitrogens with one attached hydrogen (secondary N) is 3. The van der Waals surface area contributed by atoms with Crippen molar-refractivity contribution >= 4 is 46.7 Å². The second-order valence-electron chi connectivity index (χ2n) is 6.08. The van der Waals surface area contributed by atoms with Gasteiger partial charge in [-0.05, 0) is 36.1 Å². The largest absolute Gasteiger partial charge is 0.459 e. The zero-order chi connectivity index (χ0) is 18.9. The Balaban J connectivity index is 0.00000280. The Bertz CT molecular complexity index is 889. The first-order valence-corrected chi connectivity index (χ1v) is 9.08. The highest BCUT2D eigenvalue weighted by Crippen LogP contribution is 2.15. The average molecular weight is 495 g/mol. The van der Waals surface area contributed by atoms with Crippen molar-refractivity contribution < 1.29 is 9.21 Å². The van der Waals surface area contributed by atoms with Crippen molar-refractivity contribution in [2.75, 3.05) is 26.7 Å². The van der Waals surface area contributed by atoms with Crippen LogP contribution < -0.4 is 16.0 Å². The molecule has 0 saturated carbocycles. The lowest BCUT2D eigenvalue weighted by Crippen LogP contribution is -2.41. The Morgan fingerprint density at radius 1 is 1.04 bits per heavy atom. The molecule has 2 aromatic heterocycles. The summed E-state index contributed by atoms with van der Waals surface area (Å²) in [6, 6.07) is 13.8. The van der Waals surface area contributed by atoms with Crippen molar-refractivity contribution in [3.63, 3.8) is 0 Å². The number of benzene rings is 1. The van der Waals surface area contributed by atoms with Crippen molar-refractivity contribution in [2.24, 2.45) is 4.99 Å². The van der Waals surface area contributed by atoms with E-state index in [4.69, 9.17) is 4.42 Å². The Morgan fingerprint density at radius 3 is 2.61 bits per heavy atom. The summed E-state index contributed by atoms with van der Waals surface area (Å²) in [7, 11) is 1.73. The van der Waals surface area contributed by atoms with E-state index in [-0.39, 0.29) is 29.9 Å². The van der Waals surface area contributed by atoms with E-state index in [0.717, 1.165) is 25.5 Å². The van der Waals surface area contributed by atoms with Gasteiger partial charge in [0, 0.05) is 44.9 Å². The molecule has 0 atom stereocenters. The number of furan rings is 1. The Hall–Kier alpha value is -2.49. The molecule has 0 spiro atoms. The molecule has 0 radical (unpaired) electrons. The number of aryl methyl sites for hydroxylation is 1. The number of nitrogens with zero attached hydrogens (tertiary/aromatic N) is 2. The molecule has 3 N–H and O–H groups in total. The molecule has 0 saturated heterocycles. The maximum absolute atomic E-state index is 11.8. The zero-order valence-electron chi connectivity index (χ0n) is 15.9. The molecule has 0 bridgehead atoms. The highest BCUT2D eigenvalue weighted by Gasteiger charge is 2.07. The van der Waals surface area contributed by atoms with Crippen LogP contribution in [0.2, 0.25) is 0 Å². The molecule has 2 heterocycles. The van der Waals surface area contributed by atoms with Crippen LogP contribution in [0.4, 0.5) is 0 Å².